The minimum Gasteiger partial charge on any atom is -0.308 e. The number of hydrogen-bond acceptors (Lipinski definition) is 3. The van der Waals surface area contributed by atoms with Gasteiger partial charge < -0.3 is 10.6 Å². The van der Waals surface area contributed by atoms with Crippen LogP contribution in [-0.2, 0) is 6.54 Å². The lowest BCUT2D eigenvalue weighted by Crippen LogP contribution is -2.19. The maximum Gasteiger partial charge on any atom is 0.323 e. The van der Waals surface area contributed by atoms with Crippen LogP contribution in [0.3, 0.4) is 0 Å². The zero-order chi connectivity index (χ0) is 20.2. The number of aromatic nitrogens is 2. The predicted octanol–water partition coefficient (Wildman–Crippen LogP) is 4.93. The first-order valence-corrected chi connectivity index (χ1v) is 9.26. The Hall–Kier alpha value is -3.93. The van der Waals surface area contributed by atoms with Crippen molar-refractivity contribution in [3.05, 3.63) is 90.3 Å². The van der Waals surface area contributed by atoms with Crippen LogP contribution in [0, 0.1) is 0 Å². The summed E-state index contributed by atoms with van der Waals surface area (Å²) in [5.74, 6) is -0.0142. The first-order valence-electron chi connectivity index (χ1n) is 9.26. The summed E-state index contributed by atoms with van der Waals surface area (Å²) in [5.41, 5.74) is 2.97. The van der Waals surface area contributed by atoms with Gasteiger partial charge in [0.05, 0.1) is 18.4 Å². The Bertz CT molecular complexity index is 1170. The van der Waals surface area contributed by atoms with Gasteiger partial charge in [-0.25, -0.2) is 4.79 Å². The number of fused-ring (bicyclic) bond motifs is 1. The summed E-state index contributed by atoms with van der Waals surface area (Å²) in [7, 11) is 0. The second kappa shape index (κ2) is 7.98. The fraction of sp³-hybridized carbons (Fsp3) is 0.0870. The van der Waals surface area contributed by atoms with Crippen LogP contribution in [0.15, 0.2) is 79.1 Å². The van der Waals surface area contributed by atoms with Crippen LogP contribution in [0.2, 0.25) is 0 Å². The molecule has 0 spiro atoms. The summed E-state index contributed by atoms with van der Waals surface area (Å²) < 4.78 is 1.79. The number of hydrogen-bond donors (Lipinski definition) is 2. The molecule has 0 aliphatic carbocycles. The molecule has 0 saturated carbocycles. The number of anilines is 2. The molecule has 6 heteroatoms. The predicted molar refractivity (Wildman–Crippen MR) is 114 cm³/mol. The lowest BCUT2D eigenvalue weighted by molar-refractivity contribution is 0.101. The van der Waals surface area contributed by atoms with Crippen LogP contribution in [-0.4, -0.2) is 21.6 Å². The van der Waals surface area contributed by atoms with Gasteiger partial charge in [0, 0.05) is 17.4 Å². The highest BCUT2D eigenvalue weighted by Gasteiger charge is 2.07. The second-order valence-corrected chi connectivity index (χ2v) is 6.78. The number of nitrogens with zero attached hydrogens (tertiary/aromatic N) is 2. The molecule has 3 aromatic carbocycles. The van der Waals surface area contributed by atoms with E-state index in [1.807, 2.05) is 18.2 Å². The fourth-order valence-corrected chi connectivity index (χ4v) is 3.20. The number of nitrogens with one attached hydrogen (secondary N) is 2. The lowest BCUT2D eigenvalue weighted by atomic mass is 10.0. The van der Waals surface area contributed by atoms with E-state index in [1.54, 1.807) is 41.3 Å². The molecular formula is C23H20N4O2. The zero-order valence-electron chi connectivity index (χ0n) is 15.9. The highest BCUT2D eigenvalue weighted by Crippen LogP contribution is 2.20. The summed E-state index contributed by atoms with van der Waals surface area (Å²) in [6.45, 7) is 2.11. The number of amides is 2. The van der Waals surface area contributed by atoms with E-state index in [-0.39, 0.29) is 11.8 Å². The molecule has 0 atom stereocenters. The van der Waals surface area contributed by atoms with Gasteiger partial charge in [-0.3, -0.25) is 9.48 Å². The van der Waals surface area contributed by atoms with Crippen molar-refractivity contribution in [2.24, 2.45) is 0 Å². The molecule has 4 rings (SSSR count). The third-order valence-electron chi connectivity index (χ3n) is 4.65. The van der Waals surface area contributed by atoms with Crippen LogP contribution < -0.4 is 10.6 Å². The molecule has 1 heterocycles. The van der Waals surface area contributed by atoms with E-state index >= 15 is 0 Å². The number of Topliss-reactive ketones (excluding diaryl/α,β-unsaturated/α-hetero) is 1. The number of urea groups is 1. The normalized spacial score (nSPS) is 10.7. The van der Waals surface area contributed by atoms with Crippen molar-refractivity contribution in [3.63, 3.8) is 0 Å². The molecule has 2 amide bonds. The Morgan fingerprint density at radius 3 is 2.41 bits per heavy atom. The summed E-state index contributed by atoms with van der Waals surface area (Å²) in [5, 5.41) is 12.2. The van der Waals surface area contributed by atoms with Crippen molar-refractivity contribution in [2.75, 3.05) is 10.6 Å². The number of carbonyl (C=O) groups excluding carboxylic acids is 2. The molecule has 0 aliphatic heterocycles. The Balaban J connectivity index is 1.41. The van der Waals surface area contributed by atoms with Gasteiger partial charge in [0.15, 0.2) is 5.78 Å². The van der Waals surface area contributed by atoms with E-state index in [9.17, 15) is 9.59 Å². The van der Waals surface area contributed by atoms with Gasteiger partial charge in [-0.15, -0.1) is 0 Å². The Morgan fingerprint density at radius 2 is 1.62 bits per heavy atom. The Kier molecular flexibility index (Phi) is 5.07. The summed E-state index contributed by atoms with van der Waals surface area (Å²) in [6, 6.07) is 20.8. The summed E-state index contributed by atoms with van der Waals surface area (Å²) in [4.78, 5) is 23.5. The molecule has 1 aromatic heterocycles. The Morgan fingerprint density at radius 1 is 0.897 bits per heavy atom. The van der Waals surface area contributed by atoms with E-state index in [4.69, 9.17) is 0 Å². The number of ketones is 1. The van der Waals surface area contributed by atoms with Gasteiger partial charge >= 0.3 is 6.03 Å². The largest absolute Gasteiger partial charge is 0.323 e. The molecule has 0 radical (unpaired) electrons. The lowest BCUT2D eigenvalue weighted by Gasteiger charge is -2.07. The minimum atomic E-state index is -0.370. The summed E-state index contributed by atoms with van der Waals surface area (Å²) >= 11 is 0. The van der Waals surface area contributed by atoms with Crippen molar-refractivity contribution >= 4 is 34.0 Å². The molecule has 0 saturated heterocycles. The van der Waals surface area contributed by atoms with E-state index in [0.29, 0.717) is 23.5 Å². The standard InChI is InChI=1S/C23H20N4O2/c1-16(28)17-9-11-20(12-10-17)25-23(29)26-21-13-24-27(15-21)14-19-7-4-6-18-5-2-3-8-22(18)19/h2-13,15H,14H2,1H3,(H2,25,26,29). The second-order valence-electron chi connectivity index (χ2n) is 6.78. The molecule has 0 bridgehead atoms. The first kappa shape index (κ1) is 18.4. The third-order valence-corrected chi connectivity index (χ3v) is 4.65. The van der Waals surface area contributed by atoms with Gasteiger partial charge in [0.1, 0.15) is 0 Å². The zero-order valence-corrected chi connectivity index (χ0v) is 15.9. The van der Waals surface area contributed by atoms with Crippen LogP contribution in [0.1, 0.15) is 22.8 Å². The molecule has 4 aromatic rings. The Labute approximate surface area is 168 Å². The van der Waals surface area contributed by atoms with E-state index in [0.717, 1.165) is 5.56 Å². The van der Waals surface area contributed by atoms with Gasteiger partial charge in [0.2, 0.25) is 0 Å². The average molecular weight is 384 g/mol. The van der Waals surface area contributed by atoms with Gasteiger partial charge in [-0.1, -0.05) is 42.5 Å². The van der Waals surface area contributed by atoms with Crippen molar-refractivity contribution in [1.82, 2.24) is 9.78 Å². The van der Waals surface area contributed by atoms with E-state index < -0.39 is 0 Å². The molecule has 144 valence electrons. The number of carbonyl (C=O) groups is 2. The molecule has 0 aliphatic rings. The van der Waals surface area contributed by atoms with Crippen LogP contribution in [0.5, 0.6) is 0 Å². The molecule has 6 nitrogen and oxygen atoms in total. The highest BCUT2D eigenvalue weighted by molar-refractivity contribution is 6.00. The van der Waals surface area contributed by atoms with Crippen LogP contribution in [0.4, 0.5) is 16.2 Å². The molecule has 0 fully saturated rings. The number of rotatable bonds is 5. The van der Waals surface area contributed by atoms with Crippen molar-refractivity contribution in [2.45, 2.75) is 13.5 Å². The van der Waals surface area contributed by atoms with Crippen molar-refractivity contribution < 1.29 is 9.59 Å². The maximum atomic E-state index is 12.2. The van der Waals surface area contributed by atoms with Crippen molar-refractivity contribution in [3.8, 4) is 0 Å². The summed E-state index contributed by atoms with van der Waals surface area (Å²) in [6.07, 6.45) is 3.41. The third kappa shape index (κ3) is 4.32. The quantitative estimate of drug-likeness (QED) is 0.479. The van der Waals surface area contributed by atoms with Crippen LogP contribution in [0.25, 0.3) is 10.8 Å². The monoisotopic (exact) mass is 384 g/mol. The SMILES string of the molecule is CC(=O)c1ccc(NC(=O)Nc2cnn(Cc3cccc4ccccc34)c2)cc1. The molecule has 2 N–H and O–H groups in total. The first-order chi connectivity index (χ1) is 14.1. The number of benzene rings is 3. The van der Waals surface area contributed by atoms with E-state index in [2.05, 4.69) is 40.0 Å². The van der Waals surface area contributed by atoms with E-state index in [1.165, 1.54) is 17.7 Å². The van der Waals surface area contributed by atoms with Crippen molar-refractivity contribution in [1.29, 1.82) is 0 Å². The smallest absolute Gasteiger partial charge is 0.308 e. The van der Waals surface area contributed by atoms with Gasteiger partial charge in [-0.05, 0) is 47.5 Å². The maximum absolute atomic E-state index is 12.2. The van der Waals surface area contributed by atoms with Crippen LogP contribution >= 0.6 is 0 Å². The highest BCUT2D eigenvalue weighted by atomic mass is 16.2. The minimum absolute atomic E-state index is 0.0142. The average Bonchev–Trinajstić information content (AvgIpc) is 3.15. The molecule has 29 heavy (non-hydrogen) atoms. The molecular weight excluding hydrogens is 364 g/mol. The van der Waals surface area contributed by atoms with Gasteiger partial charge in [0.25, 0.3) is 0 Å². The topological polar surface area (TPSA) is 76.0 Å². The fourth-order valence-electron chi connectivity index (χ4n) is 3.20. The molecule has 0 unspecified atom stereocenters. The van der Waals surface area contributed by atoms with Gasteiger partial charge in [-0.2, -0.15) is 5.10 Å².